The smallest absolute Gasteiger partial charge is 0.276 e. The normalized spacial score (nSPS) is 10.8. The van der Waals surface area contributed by atoms with Crippen molar-refractivity contribution in [1.82, 2.24) is 10.9 Å². The molecule has 0 saturated heterocycles. The Balaban J connectivity index is 1.27. The van der Waals surface area contributed by atoms with E-state index < -0.39 is 11.8 Å². The molecule has 4 aromatic rings. The average molecular weight is 637 g/mol. The first-order valence-corrected chi connectivity index (χ1v) is 12.2. The first-order valence-electron chi connectivity index (χ1n) is 9.80. The standard InChI is InChI=1S/C24H17Br3N2O4/c25-16-7-8-18-15(11-16)6-10-20(24(18)27)33-13-22(31)29-28-21(30)12-32-19-9-5-14-3-1-2-4-17(14)23(19)26/h1-11H,12-13H2,(H,28,30)(H,29,31). The third kappa shape index (κ3) is 5.66. The van der Waals surface area contributed by atoms with E-state index in [0.29, 0.717) is 11.5 Å². The molecule has 2 amide bonds. The summed E-state index contributed by atoms with van der Waals surface area (Å²) in [4.78, 5) is 24.2. The number of amides is 2. The summed E-state index contributed by atoms with van der Waals surface area (Å²) in [6.07, 6.45) is 0. The van der Waals surface area contributed by atoms with E-state index in [4.69, 9.17) is 9.47 Å². The Morgan fingerprint density at radius 1 is 0.667 bits per heavy atom. The number of halogens is 3. The van der Waals surface area contributed by atoms with Crippen molar-refractivity contribution < 1.29 is 19.1 Å². The summed E-state index contributed by atoms with van der Waals surface area (Å²) in [6.45, 7) is -0.526. The van der Waals surface area contributed by atoms with Gasteiger partial charge >= 0.3 is 0 Å². The molecule has 6 nitrogen and oxygen atoms in total. The van der Waals surface area contributed by atoms with Gasteiger partial charge in [-0.15, -0.1) is 0 Å². The predicted octanol–water partition coefficient (Wildman–Crippen LogP) is 5.89. The summed E-state index contributed by atoms with van der Waals surface area (Å²) < 4.78 is 13.7. The van der Waals surface area contributed by atoms with Gasteiger partial charge in [0, 0.05) is 4.47 Å². The summed E-state index contributed by atoms with van der Waals surface area (Å²) in [7, 11) is 0. The lowest BCUT2D eigenvalue weighted by atomic mass is 10.1. The van der Waals surface area contributed by atoms with Crippen LogP contribution in [0.5, 0.6) is 11.5 Å². The topological polar surface area (TPSA) is 76.7 Å². The van der Waals surface area contributed by atoms with Crippen molar-refractivity contribution in [1.29, 1.82) is 0 Å². The Hall–Kier alpha value is -2.62. The van der Waals surface area contributed by atoms with Gasteiger partial charge in [0.25, 0.3) is 11.8 Å². The SMILES string of the molecule is O=C(COc1ccc2ccccc2c1Br)NNC(=O)COc1ccc2cc(Br)ccc2c1Br. The fourth-order valence-electron chi connectivity index (χ4n) is 3.18. The Morgan fingerprint density at radius 2 is 1.21 bits per heavy atom. The molecular weight excluding hydrogens is 620 g/mol. The van der Waals surface area contributed by atoms with Gasteiger partial charge in [-0.2, -0.15) is 0 Å². The number of carbonyl (C=O) groups excluding carboxylic acids is 2. The highest BCUT2D eigenvalue weighted by molar-refractivity contribution is 9.11. The number of nitrogens with one attached hydrogen (secondary N) is 2. The molecule has 4 rings (SSSR count). The fourth-order valence-corrected chi connectivity index (χ4v) is 4.77. The monoisotopic (exact) mass is 634 g/mol. The maximum atomic E-state index is 12.1. The van der Waals surface area contributed by atoms with Crippen LogP contribution in [0.3, 0.4) is 0 Å². The molecule has 0 radical (unpaired) electrons. The Labute approximate surface area is 215 Å². The van der Waals surface area contributed by atoms with E-state index in [1.54, 1.807) is 12.1 Å². The molecule has 0 fully saturated rings. The molecular formula is C24H17Br3N2O4. The van der Waals surface area contributed by atoms with Crippen LogP contribution in [-0.4, -0.2) is 25.0 Å². The number of hydrazine groups is 1. The van der Waals surface area contributed by atoms with Crippen LogP contribution in [-0.2, 0) is 9.59 Å². The van der Waals surface area contributed by atoms with Crippen LogP contribution >= 0.6 is 47.8 Å². The highest BCUT2D eigenvalue weighted by Gasteiger charge is 2.12. The number of benzene rings is 4. The van der Waals surface area contributed by atoms with E-state index in [0.717, 1.165) is 35.0 Å². The molecule has 9 heteroatoms. The lowest BCUT2D eigenvalue weighted by Crippen LogP contribution is -2.45. The third-order valence-electron chi connectivity index (χ3n) is 4.77. The number of carbonyl (C=O) groups is 2. The van der Waals surface area contributed by atoms with Gasteiger partial charge in [0.15, 0.2) is 13.2 Å². The minimum atomic E-state index is -0.502. The maximum absolute atomic E-state index is 12.1. The lowest BCUT2D eigenvalue weighted by Gasteiger charge is -2.12. The van der Waals surface area contributed by atoms with Crippen LogP contribution in [0.2, 0.25) is 0 Å². The van der Waals surface area contributed by atoms with E-state index in [2.05, 4.69) is 58.6 Å². The third-order valence-corrected chi connectivity index (χ3v) is 6.90. The molecule has 0 aromatic heterocycles. The van der Waals surface area contributed by atoms with Crippen molar-refractivity contribution in [2.75, 3.05) is 13.2 Å². The van der Waals surface area contributed by atoms with Crippen molar-refractivity contribution >= 4 is 81.1 Å². The molecule has 0 aliphatic heterocycles. The molecule has 0 aliphatic rings. The lowest BCUT2D eigenvalue weighted by molar-refractivity contribution is -0.131. The van der Waals surface area contributed by atoms with E-state index in [1.807, 2.05) is 54.6 Å². The Kier molecular flexibility index (Phi) is 7.52. The molecule has 0 spiro atoms. The molecule has 2 N–H and O–H groups in total. The van der Waals surface area contributed by atoms with E-state index in [1.165, 1.54) is 0 Å². The van der Waals surface area contributed by atoms with Gasteiger partial charge in [-0.1, -0.05) is 58.4 Å². The van der Waals surface area contributed by atoms with Crippen molar-refractivity contribution in [3.05, 3.63) is 80.1 Å². The van der Waals surface area contributed by atoms with Gasteiger partial charge in [0.2, 0.25) is 0 Å². The fraction of sp³-hybridized carbons (Fsp3) is 0.0833. The van der Waals surface area contributed by atoms with Crippen LogP contribution in [0.15, 0.2) is 80.1 Å². The molecule has 33 heavy (non-hydrogen) atoms. The van der Waals surface area contributed by atoms with Crippen LogP contribution in [0, 0.1) is 0 Å². The summed E-state index contributed by atoms with van der Waals surface area (Å²) >= 11 is 10.5. The molecule has 0 unspecified atom stereocenters. The molecule has 4 aromatic carbocycles. The van der Waals surface area contributed by atoms with Crippen LogP contribution < -0.4 is 20.3 Å². The Morgan fingerprint density at radius 3 is 1.85 bits per heavy atom. The van der Waals surface area contributed by atoms with Crippen LogP contribution in [0.25, 0.3) is 21.5 Å². The van der Waals surface area contributed by atoms with Crippen LogP contribution in [0.4, 0.5) is 0 Å². The van der Waals surface area contributed by atoms with E-state index >= 15 is 0 Å². The number of fused-ring (bicyclic) bond motifs is 2. The minimum Gasteiger partial charge on any atom is -0.483 e. The van der Waals surface area contributed by atoms with Gasteiger partial charge in [-0.25, -0.2) is 0 Å². The first kappa shape index (κ1) is 23.5. The second-order valence-corrected chi connectivity index (χ2v) is 9.52. The summed E-state index contributed by atoms with van der Waals surface area (Å²) in [5, 5.41) is 4.02. The summed E-state index contributed by atoms with van der Waals surface area (Å²) in [5.74, 6) is 0.0568. The quantitative estimate of drug-likeness (QED) is 0.259. The minimum absolute atomic E-state index is 0.260. The van der Waals surface area contributed by atoms with Crippen molar-refractivity contribution in [2.45, 2.75) is 0 Å². The van der Waals surface area contributed by atoms with Gasteiger partial charge in [-0.05, 0) is 77.7 Å². The zero-order chi connectivity index (χ0) is 23.4. The first-order chi connectivity index (χ1) is 15.9. The molecule has 0 aliphatic carbocycles. The Bertz CT molecular complexity index is 1360. The highest BCUT2D eigenvalue weighted by atomic mass is 79.9. The van der Waals surface area contributed by atoms with Gasteiger partial charge in [-0.3, -0.25) is 20.4 Å². The number of ether oxygens (including phenoxy) is 2. The second kappa shape index (κ2) is 10.5. The maximum Gasteiger partial charge on any atom is 0.276 e. The van der Waals surface area contributed by atoms with Gasteiger partial charge in [0.1, 0.15) is 11.5 Å². The van der Waals surface area contributed by atoms with Crippen molar-refractivity contribution in [3.8, 4) is 11.5 Å². The average Bonchev–Trinajstić information content (AvgIpc) is 2.82. The molecule has 0 heterocycles. The number of rotatable bonds is 6. The van der Waals surface area contributed by atoms with Crippen LogP contribution in [0.1, 0.15) is 0 Å². The van der Waals surface area contributed by atoms with E-state index in [-0.39, 0.29) is 13.2 Å². The zero-order valence-electron chi connectivity index (χ0n) is 17.0. The largest absolute Gasteiger partial charge is 0.483 e. The van der Waals surface area contributed by atoms with Gasteiger partial charge < -0.3 is 9.47 Å². The molecule has 0 bridgehead atoms. The highest BCUT2D eigenvalue weighted by Crippen LogP contribution is 2.35. The summed E-state index contributed by atoms with van der Waals surface area (Å²) in [5.41, 5.74) is 4.64. The molecule has 168 valence electrons. The van der Waals surface area contributed by atoms with E-state index in [9.17, 15) is 9.59 Å². The van der Waals surface area contributed by atoms with Crippen molar-refractivity contribution in [2.24, 2.45) is 0 Å². The van der Waals surface area contributed by atoms with Gasteiger partial charge in [0.05, 0.1) is 8.95 Å². The molecule has 0 atom stereocenters. The summed E-state index contributed by atoms with van der Waals surface area (Å²) in [6, 6.07) is 21.1. The second-order valence-electron chi connectivity index (χ2n) is 7.02. The van der Waals surface area contributed by atoms with Crippen molar-refractivity contribution in [3.63, 3.8) is 0 Å². The zero-order valence-corrected chi connectivity index (χ0v) is 21.8. The number of hydrogen-bond acceptors (Lipinski definition) is 4. The molecule has 0 saturated carbocycles. The number of hydrogen-bond donors (Lipinski definition) is 2. The predicted molar refractivity (Wildman–Crippen MR) is 138 cm³/mol.